The number of nitrogens with zero attached hydrogens (tertiary/aromatic N) is 5. The Morgan fingerprint density at radius 3 is 2.68 bits per heavy atom. The molecule has 0 N–H and O–H groups in total. The molecule has 3 heterocycles. The van der Waals surface area contributed by atoms with Gasteiger partial charge in [-0.2, -0.15) is 5.10 Å². The van der Waals surface area contributed by atoms with Crippen molar-refractivity contribution in [1.29, 1.82) is 0 Å². The molecule has 0 saturated heterocycles. The van der Waals surface area contributed by atoms with E-state index < -0.39 is 0 Å². The predicted molar refractivity (Wildman–Crippen MR) is 96.8 cm³/mol. The van der Waals surface area contributed by atoms with Gasteiger partial charge in [0.1, 0.15) is 17.1 Å². The molecule has 0 aliphatic rings. The van der Waals surface area contributed by atoms with E-state index >= 15 is 0 Å². The molecule has 0 aliphatic carbocycles. The minimum atomic E-state index is 0.334. The SMILES string of the molecule is CC(C)c1cnc(CSc2ncnc3c2cnn3-c2ccccc2)o1. The third kappa shape index (κ3) is 3.15. The molecular weight excluding hydrogens is 334 g/mol. The van der Waals surface area contributed by atoms with E-state index in [1.54, 1.807) is 30.5 Å². The number of thioether (sulfide) groups is 1. The summed E-state index contributed by atoms with van der Waals surface area (Å²) in [6.07, 6.45) is 5.17. The molecular formula is C18H17N5OS. The molecule has 6 nitrogen and oxygen atoms in total. The Balaban J connectivity index is 1.61. The molecule has 0 radical (unpaired) electrons. The average molecular weight is 351 g/mol. The van der Waals surface area contributed by atoms with Crippen LogP contribution < -0.4 is 0 Å². The summed E-state index contributed by atoms with van der Waals surface area (Å²) < 4.78 is 7.58. The maximum atomic E-state index is 5.76. The number of aromatic nitrogens is 5. The molecule has 4 aromatic rings. The Bertz CT molecular complexity index is 993. The zero-order valence-corrected chi connectivity index (χ0v) is 14.8. The first-order valence-corrected chi connectivity index (χ1v) is 9.02. The fourth-order valence-electron chi connectivity index (χ4n) is 2.48. The third-order valence-corrected chi connectivity index (χ3v) is 4.79. The van der Waals surface area contributed by atoms with Gasteiger partial charge in [-0.15, -0.1) is 0 Å². The minimum Gasteiger partial charge on any atom is -0.445 e. The first-order chi connectivity index (χ1) is 12.2. The highest BCUT2D eigenvalue weighted by Crippen LogP contribution is 2.28. The highest BCUT2D eigenvalue weighted by molar-refractivity contribution is 7.98. The molecule has 1 aromatic carbocycles. The van der Waals surface area contributed by atoms with Gasteiger partial charge in [-0.1, -0.05) is 43.8 Å². The van der Waals surface area contributed by atoms with Crippen molar-refractivity contribution >= 4 is 22.8 Å². The molecule has 0 amide bonds. The Morgan fingerprint density at radius 2 is 1.92 bits per heavy atom. The Labute approximate surface area is 149 Å². The van der Waals surface area contributed by atoms with E-state index in [1.165, 1.54) is 0 Å². The van der Waals surface area contributed by atoms with Gasteiger partial charge in [-0.05, 0) is 12.1 Å². The lowest BCUT2D eigenvalue weighted by atomic mass is 10.2. The van der Waals surface area contributed by atoms with Crippen LogP contribution in [0.15, 0.2) is 58.5 Å². The van der Waals surface area contributed by atoms with Gasteiger partial charge in [0.2, 0.25) is 5.89 Å². The number of rotatable bonds is 5. The Morgan fingerprint density at radius 1 is 1.08 bits per heavy atom. The highest BCUT2D eigenvalue weighted by atomic mass is 32.2. The van der Waals surface area contributed by atoms with E-state index in [9.17, 15) is 0 Å². The van der Waals surface area contributed by atoms with Gasteiger partial charge in [0.15, 0.2) is 5.65 Å². The number of para-hydroxylation sites is 1. The molecule has 3 aromatic heterocycles. The second-order valence-electron chi connectivity index (χ2n) is 5.91. The van der Waals surface area contributed by atoms with Crippen LogP contribution >= 0.6 is 11.8 Å². The van der Waals surface area contributed by atoms with Crippen LogP contribution in [0, 0.1) is 0 Å². The quantitative estimate of drug-likeness (QED) is 0.396. The molecule has 0 spiro atoms. The molecule has 0 bridgehead atoms. The van der Waals surface area contributed by atoms with Crippen molar-refractivity contribution < 1.29 is 4.42 Å². The van der Waals surface area contributed by atoms with Crippen LogP contribution in [-0.2, 0) is 5.75 Å². The van der Waals surface area contributed by atoms with Crippen LogP contribution in [0.3, 0.4) is 0 Å². The zero-order chi connectivity index (χ0) is 17.2. The zero-order valence-electron chi connectivity index (χ0n) is 14.0. The van der Waals surface area contributed by atoms with E-state index in [4.69, 9.17) is 4.42 Å². The first-order valence-electron chi connectivity index (χ1n) is 8.04. The van der Waals surface area contributed by atoms with Gasteiger partial charge >= 0.3 is 0 Å². The van der Waals surface area contributed by atoms with E-state index in [2.05, 4.69) is 33.9 Å². The fourth-order valence-corrected chi connectivity index (χ4v) is 3.30. The lowest BCUT2D eigenvalue weighted by molar-refractivity contribution is 0.453. The van der Waals surface area contributed by atoms with Crippen molar-refractivity contribution in [2.24, 2.45) is 0 Å². The first kappa shape index (κ1) is 15.8. The standard InChI is InChI=1S/C18H17N5OS/c1-12(2)15-9-19-16(24-15)10-25-18-14-8-22-23(17(14)20-11-21-18)13-6-4-3-5-7-13/h3-9,11-12H,10H2,1-2H3. The van der Waals surface area contributed by atoms with E-state index in [-0.39, 0.29) is 0 Å². The summed E-state index contributed by atoms with van der Waals surface area (Å²) in [6.45, 7) is 4.17. The summed E-state index contributed by atoms with van der Waals surface area (Å²) >= 11 is 1.58. The summed E-state index contributed by atoms with van der Waals surface area (Å²) in [7, 11) is 0. The summed E-state index contributed by atoms with van der Waals surface area (Å²) in [5.41, 5.74) is 1.76. The number of hydrogen-bond donors (Lipinski definition) is 0. The number of fused-ring (bicyclic) bond motifs is 1. The van der Waals surface area contributed by atoms with Gasteiger partial charge in [-0.25, -0.2) is 19.6 Å². The largest absolute Gasteiger partial charge is 0.445 e. The van der Waals surface area contributed by atoms with Gasteiger partial charge in [0.25, 0.3) is 0 Å². The number of oxazole rings is 1. The second-order valence-corrected chi connectivity index (χ2v) is 6.87. The molecule has 0 fully saturated rings. The lowest BCUT2D eigenvalue weighted by Crippen LogP contribution is -1.97. The molecule has 126 valence electrons. The van der Waals surface area contributed by atoms with Crippen LogP contribution in [0.2, 0.25) is 0 Å². The average Bonchev–Trinajstić information content (AvgIpc) is 3.28. The van der Waals surface area contributed by atoms with Gasteiger partial charge in [0.05, 0.1) is 29.2 Å². The van der Waals surface area contributed by atoms with Gasteiger partial charge in [-0.3, -0.25) is 0 Å². The Hall–Kier alpha value is -2.67. The van der Waals surface area contributed by atoms with Crippen LogP contribution in [0.1, 0.15) is 31.4 Å². The van der Waals surface area contributed by atoms with Crippen LogP contribution in [0.25, 0.3) is 16.7 Å². The molecule has 25 heavy (non-hydrogen) atoms. The molecule has 0 saturated carbocycles. The maximum Gasteiger partial charge on any atom is 0.204 e. The highest BCUT2D eigenvalue weighted by Gasteiger charge is 2.13. The topological polar surface area (TPSA) is 69.6 Å². The molecule has 7 heteroatoms. The minimum absolute atomic E-state index is 0.334. The number of hydrogen-bond acceptors (Lipinski definition) is 6. The van der Waals surface area contributed by atoms with Crippen molar-refractivity contribution in [3.8, 4) is 5.69 Å². The summed E-state index contributed by atoms with van der Waals surface area (Å²) in [5, 5.41) is 6.27. The third-order valence-electron chi connectivity index (χ3n) is 3.80. The molecule has 0 atom stereocenters. The van der Waals surface area contributed by atoms with Crippen molar-refractivity contribution in [2.75, 3.05) is 0 Å². The van der Waals surface area contributed by atoms with Gasteiger partial charge in [0, 0.05) is 5.92 Å². The summed E-state index contributed by atoms with van der Waals surface area (Å²) in [6, 6.07) is 9.94. The van der Waals surface area contributed by atoms with Gasteiger partial charge < -0.3 is 4.42 Å². The summed E-state index contributed by atoms with van der Waals surface area (Å²) in [5.74, 6) is 2.56. The maximum absolute atomic E-state index is 5.76. The van der Waals surface area contributed by atoms with Crippen molar-refractivity contribution in [2.45, 2.75) is 30.5 Å². The van der Waals surface area contributed by atoms with E-state index in [0.29, 0.717) is 17.6 Å². The Kier molecular flexibility index (Phi) is 4.23. The second kappa shape index (κ2) is 6.68. The fraction of sp³-hybridized carbons (Fsp3) is 0.222. The normalized spacial score (nSPS) is 11.5. The molecule has 0 aliphatic heterocycles. The van der Waals surface area contributed by atoms with Crippen LogP contribution in [-0.4, -0.2) is 24.7 Å². The van der Waals surface area contributed by atoms with E-state index in [0.717, 1.165) is 27.5 Å². The summed E-state index contributed by atoms with van der Waals surface area (Å²) in [4.78, 5) is 13.1. The van der Waals surface area contributed by atoms with E-state index in [1.807, 2.05) is 35.0 Å². The van der Waals surface area contributed by atoms with Crippen molar-refractivity contribution in [3.63, 3.8) is 0 Å². The monoisotopic (exact) mass is 351 g/mol. The predicted octanol–water partition coefficient (Wildman–Crippen LogP) is 4.22. The van der Waals surface area contributed by atoms with Crippen molar-refractivity contribution in [1.82, 2.24) is 24.7 Å². The molecule has 4 rings (SSSR count). The smallest absolute Gasteiger partial charge is 0.204 e. The number of benzene rings is 1. The molecule has 0 unspecified atom stereocenters. The van der Waals surface area contributed by atoms with Crippen LogP contribution in [0.5, 0.6) is 0 Å². The lowest BCUT2D eigenvalue weighted by Gasteiger charge is -2.03. The van der Waals surface area contributed by atoms with Crippen LogP contribution in [0.4, 0.5) is 0 Å². The van der Waals surface area contributed by atoms with Crippen molar-refractivity contribution in [3.05, 3.63) is 60.7 Å².